The smallest absolute Gasteiger partial charge is 0.410 e. The Hall–Kier alpha value is -3.36. The van der Waals surface area contributed by atoms with Gasteiger partial charge in [-0.25, -0.2) is 14.6 Å². The molecule has 1 aliphatic heterocycles. The average molecular weight is 429 g/mol. The number of benzene rings is 1. The normalized spacial score (nSPS) is 16.2. The average Bonchev–Trinajstić information content (AvgIpc) is 3.15. The quantitative estimate of drug-likeness (QED) is 0.724. The largest absolute Gasteiger partial charge is 0.481 e. The molecule has 9 heteroatoms. The molecule has 0 saturated carbocycles. The molecule has 1 fully saturated rings. The van der Waals surface area contributed by atoms with E-state index in [1.165, 1.54) is 0 Å². The van der Waals surface area contributed by atoms with Gasteiger partial charge in [0.05, 0.1) is 0 Å². The second-order valence-electron chi connectivity index (χ2n) is 8.55. The summed E-state index contributed by atoms with van der Waals surface area (Å²) in [5.74, 6) is -1.36. The van der Waals surface area contributed by atoms with E-state index in [4.69, 9.17) is 9.47 Å². The summed E-state index contributed by atoms with van der Waals surface area (Å²) >= 11 is 0. The minimum Gasteiger partial charge on any atom is -0.481 e. The number of H-pyrrole nitrogens is 1. The molecule has 0 radical (unpaired) electrons. The zero-order valence-corrected chi connectivity index (χ0v) is 17.9. The standard InChI is InChI=1S/C22H27N3O6/c1-22(2,3)31-21(29)25-10-9-15(12-25)11-16-23-17(20(27)28)18(19(26)24-16)30-13-14-7-5-4-6-8-14/h4-8,15H,9-13H2,1-3H3,(H,27,28)(H,23,24,26). The van der Waals surface area contributed by atoms with Crippen molar-refractivity contribution >= 4 is 12.1 Å². The third-order valence-corrected chi connectivity index (χ3v) is 4.77. The molecule has 2 aromatic rings. The van der Waals surface area contributed by atoms with Gasteiger partial charge in [-0.3, -0.25) is 4.79 Å². The van der Waals surface area contributed by atoms with Crippen LogP contribution in [0.5, 0.6) is 5.75 Å². The van der Waals surface area contributed by atoms with Crippen LogP contribution >= 0.6 is 0 Å². The predicted octanol–water partition coefficient (Wildman–Crippen LogP) is 2.85. The van der Waals surface area contributed by atoms with E-state index in [0.717, 1.165) is 5.56 Å². The fourth-order valence-corrected chi connectivity index (χ4v) is 3.38. The van der Waals surface area contributed by atoms with Gasteiger partial charge in [-0.1, -0.05) is 30.3 Å². The van der Waals surface area contributed by atoms with Crippen molar-refractivity contribution in [1.29, 1.82) is 0 Å². The van der Waals surface area contributed by atoms with Crippen LogP contribution in [0, 0.1) is 5.92 Å². The summed E-state index contributed by atoms with van der Waals surface area (Å²) in [4.78, 5) is 44.8. The van der Waals surface area contributed by atoms with Crippen molar-refractivity contribution in [2.45, 2.75) is 45.8 Å². The maximum Gasteiger partial charge on any atom is 0.410 e. The number of carboxylic acid groups (broad SMARTS) is 1. The van der Waals surface area contributed by atoms with E-state index in [1.807, 2.05) is 51.1 Å². The third-order valence-electron chi connectivity index (χ3n) is 4.77. The number of aromatic nitrogens is 2. The van der Waals surface area contributed by atoms with Gasteiger partial charge in [0, 0.05) is 19.5 Å². The number of amides is 1. The van der Waals surface area contributed by atoms with Gasteiger partial charge in [0.15, 0.2) is 5.69 Å². The van der Waals surface area contributed by atoms with E-state index in [2.05, 4.69) is 9.97 Å². The molecule has 31 heavy (non-hydrogen) atoms. The second kappa shape index (κ2) is 9.20. The Bertz CT molecular complexity index is 997. The van der Waals surface area contributed by atoms with E-state index in [1.54, 1.807) is 4.90 Å². The number of nitrogens with one attached hydrogen (secondary N) is 1. The van der Waals surface area contributed by atoms with E-state index >= 15 is 0 Å². The monoisotopic (exact) mass is 429 g/mol. The SMILES string of the molecule is CC(C)(C)OC(=O)N1CCC(Cc2nc(C(=O)O)c(OCc3ccccc3)c(=O)[nH]2)C1. The molecule has 3 rings (SSSR count). The van der Waals surface area contributed by atoms with Crippen molar-refractivity contribution in [3.05, 3.63) is 57.8 Å². The van der Waals surface area contributed by atoms with Crippen LogP contribution < -0.4 is 10.3 Å². The number of aromatic carboxylic acids is 1. The number of carbonyl (C=O) groups excluding carboxylic acids is 1. The highest BCUT2D eigenvalue weighted by Crippen LogP contribution is 2.22. The van der Waals surface area contributed by atoms with Crippen LogP contribution in [0.2, 0.25) is 0 Å². The highest BCUT2D eigenvalue weighted by molar-refractivity contribution is 5.88. The molecule has 1 aliphatic rings. The zero-order chi connectivity index (χ0) is 22.6. The van der Waals surface area contributed by atoms with Crippen LogP contribution in [0.1, 0.15) is 49.1 Å². The highest BCUT2D eigenvalue weighted by atomic mass is 16.6. The summed E-state index contributed by atoms with van der Waals surface area (Å²) in [7, 11) is 0. The minimum absolute atomic E-state index is 0.0356. The van der Waals surface area contributed by atoms with Crippen molar-refractivity contribution < 1.29 is 24.2 Å². The van der Waals surface area contributed by atoms with Crippen molar-refractivity contribution in [1.82, 2.24) is 14.9 Å². The first-order valence-corrected chi connectivity index (χ1v) is 10.1. The first kappa shape index (κ1) is 22.3. The Kier molecular flexibility index (Phi) is 6.62. The van der Waals surface area contributed by atoms with Gasteiger partial charge in [-0.15, -0.1) is 0 Å². The van der Waals surface area contributed by atoms with Crippen LogP contribution in [0.3, 0.4) is 0 Å². The first-order valence-electron chi connectivity index (χ1n) is 10.1. The Morgan fingerprint density at radius 1 is 1.26 bits per heavy atom. The van der Waals surface area contributed by atoms with Crippen molar-refractivity contribution in [3.63, 3.8) is 0 Å². The summed E-state index contributed by atoms with van der Waals surface area (Å²) in [5.41, 5.74) is -0.832. The lowest BCUT2D eigenvalue weighted by Gasteiger charge is -2.24. The third kappa shape index (κ3) is 6.07. The molecular weight excluding hydrogens is 402 g/mol. The Balaban J connectivity index is 1.69. The number of carbonyl (C=O) groups is 2. The Morgan fingerprint density at radius 2 is 1.97 bits per heavy atom. The molecule has 0 aliphatic carbocycles. The van der Waals surface area contributed by atoms with Gasteiger partial charge >= 0.3 is 12.1 Å². The molecule has 166 valence electrons. The zero-order valence-electron chi connectivity index (χ0n) is 17.9. The number of carboxylic acids is 1. The van der Waals surface area contributed by atoms with Crippen LogP contribution in [-0.4, -0.2) is 50.7 Å². The molecule has 1 aromatic heterocycles. The number of nitrogens with zero attached hydrogens (tertiary/aromatic N) is 2. The maximum atomic E-state index is 12.5. The first-order chi connectivity index (χ1) is 14.6. The number of likely N-dealkylation sites (tertiary alicyclic amines) is 1. The number of hydrogen-bond donors (Lipinski definition) is 2. The number of rotatable bonds is 6. The van der Waals surface area contributed by atoms with Crippen molar-refractivity contribution in [3.8, 4) is 5.75 Å². The Labute approximate surface area is 180 Å². The number of aromatic amines is 1. The lowest BCUT2D eigenvalue weighted by molar-refractivity contribution is 0.0288. The highest BCUT2D eigenvalue weighted by Gasteiger charge is 2.31. The molecule has 0 spiro atoms. The fourth-order valence-electron chi connectivity index (χ4n) is 3.38. The predicted molar refractivity (Wildman–Crippen MR) is 112 cm³/mol. The van der Waals surface area contributed by atoms with Crippen LogP contribution in [0.4, 0.5) is 4.79 Å². The number of ether oxygens (including phenoxy) is 2. The lowest BCUT2D eigenvalue weighted by Crippen LogP contribution is -2.35. The molecule has 9 nitrogen and oxygen atoms in total. The molecule has 1 atom stereocenters. The molecule has 0 bridgehead atoms. The molecule has 1 aromatic carbocycles. The summed E-state index contributed by atoms with van der Waals surface area (Å²) in [6, 6.07) is 9.12. The van der Waals surface area contributed by atoms with E-state index in [9.17, 15) is 19.5 Å². The van der Waals surface area contributed by atoms with E-state index in [-0.39, 0.29) is 30.2 Å². The van der Waals surface area contributed by atoms with Crippen molar-refractivity contribution in [2.75, 3.05) is 13.1 Å². The fraction of sp³-hybridized carbons (Fsp3) is 0.455. The molecule has 2 N–H and O–H groups in total. The minimum atomic E-state index is -1.34. The van der Waals surface area contributed by atoms with Gasteiger partial charge in [0.2, 0.25) is 5.75 Å². The summed E-state index contributed by atoms with van der Waals surface area (Å²) in [6.07, 6.45) is 0.665. The van der Waals surface area contributed by atoms with Gasteiger partial charge < -0.3 is 24.5 Å². The molecule has 1 unspecified atom stereocenters. The molecule has 1 saturated heterocycles. The molecule has 1 amide bonds. The van der Waals surface area contributed by atoms with Crippen LogP contribution in [-0.2, 0) is 17.8 Å². The summed E-state index contributed by atoms with van der Waals surface area (Å²) in [6.45, 7) is 6.46. The summed E-state index contributed by atoms with van der Waals surface area (Å²) < 4.78 is 10.9. The van der Waals surface area contributed by atoms with Crippen molar-refractivity contribution in [2.24, 2.45) is 5.92 Å². The van der Waals surface area contributed by atoms with Crippen LogP contribution in [0.15, 0.2) is 35.1 Å². The van der Waals surface area contributed by atoms with Crippen LogP contribution in [0.25, 0.3) is 0 Å². The van der Waals surface area contributed by atoms with Gasteiger partial charge in [0.1, 0.15) is 18.0 Å². The second-order valence-corrected chi connectivity index (χ2v) is 8.55. The molecule has 2 heterocycles. The van der Waals surface area contributed by atoms with E-state index in [0.29, 0.717) is 25.9 Å². The summed E-state index contributed by atoms with van der Waals surface area (Å²) in [5, 5.41) is 9.53. The van der Waals surface area contributed by atoms with Gasteiger partial charge in [-0.2, -0.15) is 0 Å². The number of hydrogen-bond acceptors (Lipinski definition) is 6. The van der Waals surface area contributed by atoms with Gasteiger partial charge in [-0.05, 0) is 38.7 Å². The lowest BCUT2D eigenvalue weighted by atomic mass is 10.0. The Morgan fingerprint density at radius 3 is 2.61 bits per heavy atom. The maximum absolute atomic E-state index is 12.5. The van der Waals surface area contributed by atoms with E-state index < -0.39 is 22.8 Å². The topological polar surface area (TPSA) is 122 Å². The van der Waals surface area contributed by atoms with Gasteiger partial charge in [0.25, 0.3) is 5.56 Å². The molecular formula is C22H27N3O6.